The Morgan fingerprint density at radius 1 is 1.00 bits per heavy atom. The summed E-state index contributed by atoms with van der Waals surface area (Å²) in [7, 11) is 0. The highest BCUT2D eigenvalue weighted by Crippen LogP contribution is 2.26. The van der Waals surface area contributed by atoms with Gasteiger partial charge >= 0.3 is 0 Å². The Morgan fingerprint density at radius 2 is 1.80 bits per heavy atom. The fourth-order valence-electron chi connectivity index (χ4n) is 3.86. The van der Waals surface area contributed by atoms with Gasteiger partial charge in [0.25, 0.3) is 0 Å². The largest absolute Gasteiger partial charge is 0.489 e. The fraction of sp³-hybridized carbons (Fsp3) is 0.269. The molecule has 4 rings (SSSR count). The van der Waals surface area contributed by atoms with E-state index in [0.717, 1.165) is 25.3 Å². The molecule has 1 heterocycles. The van der Waals surface area contributed by atoms with Crippen LogP contribution in [0, 0.1) is 6.92 Å². The Morgan fingerprint density at radius 3 is 2.53 bits per heavy atom. The average Bonchev–Trinajstić information content (AvgIpc) is 3.19. The molecule has 0 radical (unpaired) electrons. The maximum absolute atomic E-state index is 11.2. The molecule has 30 heavy (non-hydrogen) atoms. The van der Waals surface area contributed by atoms with E-state index in [4.69, 9.17) is 4.74 Å². The second kappa shape index (κ2) is 9.59. The van der Waals surface area contributed by atoms with Crippen LogP contribution in [0.2, 0.25) is 0 Å². The summed E-state index contributed by atoms with van der Waals surface area (Å²) in [6.07, 6.45) is 1.57. The zero-order chi connectivity index (χ0) is 20.8. The quantitative estimate of drug-likeness (QED) is 0.581. The van der Waals surface area contributed by atoms with E-state index in [1.807, 2.05) is 18.2 Å². The highest BCUT2D eigenvalue weighted by molar-refractivity contribution is 5.78. The summed E-state index contributed by atoms with van der Waals surface area (Å²) in [6.45, 7) is 4.29. The lowest BCUT2D eigenvalue weighted by Crippen LogP contribution is -2.35. The van der Waals surface area contributed by atoms with Crippen molar-refractivity contribution in [3.63, 3.8) is 0 Å². The van der Waals surface area contributed by atoms with Gasteiger partial charge in [0.05, 0.1) is 0 Å². The molecular formula is C26H28N2O2. The first-order valence-electron chi connectivity index (χ1n) is 10.5. The number of carbonyl (C=O) groups excluding carboxylic acids is 1. The van der Waals surface area contributed by atoms with Gasteiger partial charge in [-0.3, -0.25) is 4.79 Å². The number of nitrogens with one attached hydrogen (secondary N) is 2. The highest BCUT2D eigenvalue weighted by atomic mass is 16.5. The van der Waals surface area contributed by atoms with E-state index in [9.17, 15) is 4.79 Å². The van der Waals surface area contributed by atoms with Crippen LogP contribution in [-0.4, -0.2) is 18.5 Å². The topological polar surface area (TPSA) is 50.4 Å². The number of rotatable bonds is 8. The van der Waals surface area contributed by atoms with Crippen molar-refractivity contribution < 1.29 is 9.53 Å². The summed E-state index contributed by atoms with van der Waals surface area (Å²) in [5.74, 6) is 1.03. The lowest BCUT2D eigenvalue weighted by Gasteiger charge is -2.14. The number of benzene rings is 3. The molecule has 1 aliphatic heterocycles. The lowest BCUT2D eigenvalue weighted by atomic mass is 9.97. The summed E-state index contributed by atoms with van der Waals surface area (Å²) < 4.78 is 6.05. The molecule has 0 unspecified atom stereocenters. The van der Waals surface area contributed by atoms with Crippen LogP contribution in [0.15, 0.2) is 72.8 Å². The van der Waals surface area contributed by atoms with Gasteiger partial charge < -0.3 is 15.4 Å². The minimum Gasteiger partial charge on any atom is -0.489 e. The van der Waals surface area contributed by atoms with Crippen molar-refractivity contribution in [2.45, 2.75) is 39.0 Å². The van der Waals surface area contributed by atoms with Gasteiger partial charge in [-0.25, -0.2) is 0 Å². The van der Waals surface area contributed by atoms with Gasteiger partial charge in [-0.15, -0.1) is 0 Å². The minimum atomic E-state index is 0.160. The Bertz CT molecular complexity index is 984. The van der Waals surface area contributed by atoms with E-state index in [2.05, 4.69) is 72.2 Å². The van der Waals surface area contributed by atoms with Crippen molar-refractivity contribution in [2.24, 2.45) is 0 Å². The number of carbonyl (C=O) groups is 1. The van der Waals surface area contributed by atoms with Gasteiger partial charge in [-0.1, -0.05) is 60.7 Å². The predicted molar refractivity (Wildman–Crippen MR) is 120 cm³/mol. The Kier molecular flexibility index (Phi) is 6.45. The van der Waals surface area contributed by atoms with Crippen LogP contribution in [0.25, 0.3) is 11.1 Å². The molecule has 1 saturated heterocycles. The Labute approximate surface area is 178 Å². The van der Waals surface area contributed by atoms with Crippen LogP contribution in [0.5, 0.6) is 5.75 Å². The third-order valence-corrected chi connectivity index (χ3v) is 5.65. The van der Waals surface area contributed by atoms with Gasteiger partial charge in [0.15, 0.2) is 0 Å². The monoisotopic (exact) mass is 400 g/mol. The first kappa shape index (κ1) is 20.2. The van der Waals surface area contributed by atoms with E-state index in [0.29, 0.717) is 13.0 Å². The predicted octanol–water partition coefficient (Wildman–Crippen LogP) is 4.61. The van der Waals surface area contributed by atoms with Crippen LogP contribution in [0.3, 0.4) is 0 Å². The van der Waals surface area contributed by atoms with Gasteiger partial charge in [-0.2, -0.15) is 0 Å². The molecule has 4 heteroatoms. The number of amides is 1. The van der Waals surface area contributed by atoms with E-state index >= 15 is 0 Å². The SMILES string of the molecule is Cc1c(COc2ccc(CNC[C@H]3CCC(=O)N3)cc2)cccc1-c1ccccc1. The molecule has 0 bridgehead atoms. The molecule has 154 valence electrons. The van der Waals surface area contributed by atoms with Gasteiger partial charge in [0, 0.05) is 25.6 Å². The van der Waals surface area contributed by atoms with Crippen LogP contribution in [0.4, 0.5) is 0 Å². The summed E-state index contributed by atoms with van der Waals surface area (Å²) in [5, 5.41) is 6.39. The zero-order valence-electron chi connectivity index (χ0n) is 17.4. The second-order valence-electron chi connectivity index (χ2n) is 7.82. The van der Waals surface area contributed by atoms with E-state index < -0.39 is 0 Å². The fourth-order valence-corrected chi connectivity index (χ4v) is 3.86. The Balaban J connectivity index is 1.30. The summed E-state index contributed by atoms with van der Waals surface area (Å²) in [5.41, 5.74) is 6.13. The molecule has 0 aliphatic carbocycles. The van der Waals surface area contributed by atoms with Crippen LogP contribution in [0.1, 0.15) is 29.5 Å². The van der Waals surface area contributed by atoms with Crippen molar-refractivity contribution in [1.82, 2.24) is 10.6 Å². The molecule has 4 nitrogen and oxygen atoms in total. The number of ether oxygens (including phenoxy) is 1. The summed E-state index contributed by atoms with van der Waals surface area (Å²) >= 11 is 0. The van der Waals surface area contributed by atoms with Gasteiger partial charge in [0.2, 0.25) is 5.91 Å². The van der Waals surface area contributed by atoms with Crippen LogP contribution < -0.4 is 15.4 Å². The normalized spacial score (nSPS) is 15.8. The van der Waals surface area contributed by atoms with E-state index in [-0.39, 0.29) is 11.9 Å². The first-order valence-corrected chi connectivity index (χ1v) is 10.5. The molecule has 1 amide bonds. The maximum atomic E-state index is 11.2. The molecule has 0 aromatic heterocycles. The summed E-state index contributed by atoms with van der Waals surface area (Å²) in [6, 6.07) is 25.3. The van der Waals surface area contributed by atoms with Crippen LogP contribution in [-0.2, 0) is 17.9 Å². The molecule has 0 spiro atoms. The standard InChI is InChI=1S/C26H28N2O2/c1-19-22(8-5-9-25(19)21-6-3-2-4-7-21)18-30-24-13-10-20(11-14-24)16-27-17-23-12-15-26(29)28-23/h2-11,13-14,23,27H,12,15-18H2,1H3,(H,28,29)/t23-/m1/s1. The van der Waals surface area contributed by atoms with Crippen molar-refractivity contribution in [2.75, 3.05) is 6.54 Å². The van der Waals surface area contributed by atoms with Gasteiger partial charge in [0.1, 0.15) is 12.4 Å². The lowest BCUT2D eigenvalue weighted by molar-refractivity contribution is -0.119. The summed E-state index contributed by atoms with van der Waals surface area (Å²) in [4.78, 5) is 11.2. The van der Waals surface area contributed by atoms with Gasteiger partial charge in [-0.05, 0) is 53.3 Å². The molecule has 3 aromatic carbocycles. The van der Waals surface area contributed by atoms with Crippen molar-refractivity contribution in [3.05, 3.63) is 89.5 Å². The van der Waals surface area contributed by atoms with Crippen molar-refractivity contribution in [1.29, 1.82) is 0 Å². The average molecular weight is 401 g/mol. The van der Waals surface area contributed by atoms with Crippen molar-refractivity contribution in [3.8, 4) is 16.9 Å². The maximum Gasteiger partial charge on any atom is 0.220 e. The zero-order valence-corrected chi connectivity index (χ0v) is 17.4. The smallest absolute Gasteiger partial charge is 0.220 e. The molecule has 1 aliphatic rings. The third kappa shape index (κ3) is 5.08. The Hall–Kier alpha value is -3.11. The number of hydrogen-bond acceptors (Lipinski definition) is 3. The minimum absolute atomic E-state index is 0.160. The van der Waals surface area contributed by atoms with E-state index in [1.54, 1.807) is 0 Å². The van der Waals surface area contributed by atoms with Crippen LogP contribution >= 0.6 is 0 Å². The van der Waals surface area contributed by atoms with Crippen molar-refractivity contribution >= 4 is 5.91 Å². The second-order valence-corrected chi connectivity index (χ2v) is 7.82. The molecule has 0 saturated carbocycles. The molecular weight excluding hydrogens is 372 g/mol. The first-order chi connectivity index (χ1) is 14.7. The molecule has 3 aromatic rings. The molecule has 1 atom stereocenters. The third-order valence-electron chi connectivity index (χ3n) is 5.65. The number of hydrogen-bond donors (Lipinski definition) is 2. The molecule has 2 N–H and O–H groups in total. The molecule has 1 fully saturated rings. The highest BCUT2D eigenvalue weighted by Gasteiger charge is 2.19. The van der Waals surface area contributed by atoms with E-state index in [1.165, 1.54) is 27.8 Å².